The lowest BCUT2D eigenvalue weighted by Crippen LogP contribution is -2.52. The number of nitrogens with zero attached hydrogens (tertiary/aromatic N) is 2. The van der Waals surface area contributed by atoms with Crippen LogP contribution in [0.25, 0.3) is 0 Å². The fraction of sp³-hybridized carbons (Fsp3) is 0.533. The van der Waals surface area contributed by atoms with Crippen molar-refractivity contribution in [1.29, 1.82) is 0 Å². The van der Waals surface area contributed by atoms with Gasteiger partial charge >= 0.3 is 6.03 Å². The third kappa shape index (κ3) is 3.08. The predicted molar refractivity (Wildman–Crippen MR) is 84.2 cm³/mol. The van der Waals surface area contributed by atoms with Crippen LogP contribution in [-0.4, -0.2) is 43.2 Å². The third-order valence-corrected chi connectivity index (χ3v) is 4.55. The molecule has 1 saturated carbocycles. The van der Waals surface area contributed by atoms with Crippen LogP contribution in [0.1, 0.15) is 18.4 Å². The molecule has 0 aromatic heterocycles. The monoisotopic (exact) mass is 337 g/mol. The van der Waals surface area contributed by atoms with Crippen molar-refractivity contribution in [2.75, 3.05) is 31.1 Å². The van der Waals surface area contributed by atoms with Gasteiger partial charge in [-0.05, 0) is 53.4 Å². The Morgan fingerprint density at radius 1 is 1.25 bits per heavy atom. The van der Waals surface area contributed by atoms with Gasteiger partial charge < -0.3 is 15.1 Å². The highest BCUT2D eigenvalue weighted by molar-refractivity contribution is 9.10. The van der Waals surface area contributed by atoms with E-state index in [1.54, 1.807) is 0 Å². The van der Waals surface area contributed by atoms with Crippen molar-refractivity contribution in [3.8, 4) is 0 Å². The highest BCUT2D eigenvalue weighted by Crippen LogP contribution is 2.28. The highest BCUT2D eigenvalue weighted by atomic mass is 79.9. The fourth-order valence-electron chi connectivity index (χ4n) is 2.51. The average molecular weight is 338 g/mol. The van der Waals surface area contributed by atoms with Crippen molar-refractivity contribution < 1.29 is 4.79 Å². The second kappa shape index (κ2) is 5.64. The first-order valence-corrected chi connectivity index (χ1v) is 7.99. The predicted octanol–water partition coefficient (Wildman–Crippen LogP) is 2.75. The molecule has 3 rings (SSSR count). The van der Waals surface area contributed by atoms with Crippen molar-refractivity contribution in [3.63, 3.8) is 0 Å². The topological polar surface area (TPSA) is 35.6 Å². The minimum atomic E-state index is 0.107. The Kier molecular flexibility index (Phi) is 3.87. The van der Waals surface area contributed by atoms with Crippen LogP contribution in [-0.2, 0) is 0 Å². The molecule has 0 bridgehead atoms. The van der Waals surface area contributed by atoms with Gasteiger partial charge in [-0.1, -0.05) is 6.07 Å². The summed E-state index contributed by atoms with van der Waals surface area (Å²) in [4.78, 5) is 16.3. The molecule has 2 aliphatic rings. The number of carbonyl (C=O) groups excluding carboxylic acids is 1. The maximum Gasteiger partial charge on any atom is 0.317 e. The lowest BCUT2D eigenvalue weighted by Gasteiger charge is -2.36. The van der Waals surface area contributed by atoms with E-state index in [4.69, 9.17) is 0 Å². The van der Waals surface area contributed by atoms with Crippen molar-refractivity contribution in [1.82, 2.24) is 10.2 Å². The van der Waals surface area contributed by atoms with Gasteiger partial charge in [0.25, 0.3) is 0 Å². The lowest BCUT2D eigenvalue weighted by atomic mass is 10.2. The zero-order chi connectivity index (χ0) is 14.1. The third-order valence-electron chi connectivity index (χ3n) is 3.92. The van der Waals surface area contributed by atoms with E-state index >= 15 is 0 Å². The number of anilines is 1. The van der Waals surface area contributed by atoms with E-state index in [2.05, 4.69) is 51.3 Å². The quantitative estimate of drug-likeness (QED) is 0.900. The smallest absolute Gasteiger partial charge is 0.317 e. The van der Waals surface area contributed by atoms with Crippen LogP contribution in [0.15, 0.2) is 22.7 Å². The molecule has 1 aliphatic heterocycles. The molecule has 1 aliphatic carbocycles. The van der Waals surface area contributed by atoms with E-state index in [0.29, 0.717) is 6.04 Å². The normalized spacial score (nSPS) is 19.1. The van der Waals surface area contributed by atoms with Crippen molar-refractivity contribution in [3.05, 3.63) is 28.2 Å². The molecule has 1 saturated heterocycles. The summed E-state index contributed by atoms with van der Waals surface area (Å²) in [6.07, 6.45) is 2.28. The van der Waals surface area contributed by atoms with Gasteiger partial charge in [0.15, 0.2) is 0 Å². The SMILES string of the molecule is Cc1ccc(N2CCN(C(=O)NC3CC3)CC2)c(Br)c1. The number of carbonyl (C=O) groups is 1. The summed E-state index contributed by atoms with van der Waals surface area (Å²) < 4.78 is 1.13. The maximum absolute atomic E-state index is 12.0. The summed E-state index contributed by atoms with van der Waals surface area (Å²) in [5.74, 6) is 0. The van der Waals surface area contributed by atoms with E-state index in [-0.39, 0.29) is 6.03 Å². The number of benzene rings is 1. The number of amides is 2. The van der Waals surface area contributed by atoms with Gasteiger partial charge in [-0.25, -0.2) is 4.79 Å². The molecule has 1 heterocycles. The molecule has 20 heavy (non-hydrogen) atoms. The highest BCUT2D eigenvalue weighted by Gasteiger charge is 2.28. The van der Waals surface area contributed by atoms with Gasteiger partial charge in [0, 0.05) is 36.7 Å². The molecule has 1 N–H and O–H groups in total. The maximum atomic E-state index is 12.0. The molecule has 108 valence electrons. The van der Waals surface area contributed by atoms with E-state index < -0.39 is 0 Å². The van der Waals surface area contributed by atoms with Gasteiger partial charge in [0.2, 0.25) is 0 Å². The minimum absolute atomic E-state index is 0.107. The number of halogens is 1. The first kappa shape index (κ1) is 13.7. The first-order chi connectivity index (χ1) is 9.63. The lowest BCUT2D eigenvalue weighted by molar-refractivity contribution is 0.194. The Morgan fingerprint density at radius 2 is 1.95 bits per heavy atom. The summed E-state index contributed by atoms with van der Waals surface area (Å²) in [5, 5.41) is 3.06. The zero-order valence-electron chi connectivity index (χ0n) is 11.7. The number of rotatable bonds is 2. The number of nitrogens with one attached hydrogen (secondary N) is 1. The average Bonchev–Trinajstić information content (AvgIpc) is 3.23. The van der Waals surface area contributed by atoms with Crippen LogP contribution in [0.4, 0.5) is 10.5 Å². The Balaban J connectivity index is 1.58. The second-order valence-corrected chi connectivity index (χ2v) is 6.51. The number of piperazine rings is 1. The largest absolute Gasteiger partial charge is 0.367 e. The standard InChI is InChI=1S/C15H20BrN3O/c1-11-2-5-14(13(16)10-11)18-6-8-19(9-7-18)15(20)17-12-3-4-12/h2,5,10,12H,3-4,6-9H2,1H3,(H,17,20). The fourth-order valence-corrected chi connectivity index (χ4v) is 3.26. The van der Waals surface area contributed by atoms with E-state index in [1.165, 1.54) is 11.3 Å². The molecular formula is C15H20BrN3O. The summed E-state index contributed by atoms with van der Waals surface area (Å²) in [5.41, 5.74) is 2.47. The van der Waals surface area contributed by atoms with E-state index in [9.17, 15) is 4.79 Å². The molecule has 0 spiro atoms. The number of hydrogen-bond acceptors (Lipinski definition) is 2. The molecule has 0 unspecified atom stereocenters. The van der Waals surface area contributed by atoms with Crippen LogP contribution in [0, 0.1) is 6.92 Å². The number of aryl methyl sites for hydroxylation is 1. The molecular weight excluding hydrogens is 318 g/mol. The van der Waals surface area contributed by atoms with Gasteiger partial charge in [-0.15, -0.1) is 0 Å². The number of hydrogen-bond donors (Lipinski definition) is 1. The summed E-state index contributed by atoms with van der Waals surface area (Å²) >= 11 is 3.63. The van der Waals surface area contributed by atoms with Crippen LogP contribution in [0.3, 0.4) is 0 Å². The zero-order valence-corrected chi connectivity index (χ0v) is 13.3. The molecule has 5 heteroatoms. The van der Waals surface area contributed by atoms with Gasteiger partial charge in [0.05, 0.1) is 5.69 Å². The molecule has 1 aromatic carbocycles. The Labute approximate surface area is 128 Å². The Bertz CT molecular complexity index is 508. The molecule has 1 aromatic rings. The minimum Gasteiger partial charge on any atom is -0.367 e. The van der Waals surface area contributed by atoms with Crippen molar-refractivity contribution in [2.45, 2.75) is 25.8 Å². The van der Waals surface area contributed by atoms with E-state index in [0.717, 1.165) is 43.5 Å². The Morgan fingerprint density at radius 3 is 2.55 bits per heavy atom. The number of urea groups is 1. The van der Waals surface area contributed by atoms with Gasteiger partial charge in [0.1, 0.15) is 0 Å². The van der Waals surface area contributed by atoms with Crippen molar-refractivity contribution in [2.24, 2.45) is 0 Å². The summed E-state index contributed by atoms with van der Waals surface area (Å²) in [7, 11) is 0. The molecule has 0 atom stereocenters. The van der Waals surface area contributed by atoms with Crippen molar-refractivity contribution >= 4 is 27.6 Å². The molecule has 2 fully saturated rings. The van der Waals surface area contributed by atoms with Crippen LogP contribution < -0.4 is 10.2 Å². The van der Waals surface area contributed by atoms with Crippen LogP contribution >= 0.6 is 15.9 Å². The van der Waals surface area contributed by atoms with E-state index in [1.807, 2.05) is 4.90 Å². The molecule has 0 radical (unpaired) electrons. The Hall–Kier alpha value is -1.23. The molecule has 4 nitrogen and oxygen atoms in total. The van der Waals surface area contributed by atoms with Crippen LogP contribution in [0.2, 0.25) is 0 Å². The van der Waals surface area contributed by atoms with Crippen LogP contribution in [0.5, 0.6) is 0 Å². The molecule has 2 amide bonds. The van der Waals surface area contributed by atoms with Gasteiger partial charge in [-0.2, -0.15) is 0 Å². The van der Waals surface area contributed by atoms with Gasteiger partial charge in [-0.3, -0.25) is 0 Å². The summed E-state index contributed by atoms with van der Waals surface area (Å²) in [6, 6.07) is 6.97. The summed E-state index contributed by atoms with van der Waals surface area (Å²) in [6.45, 7) is 5.45. The first-order valence-electron chi connectivity index (χ1n) is 7.20. The second-order valence-electron chi connectivity index (χ2n) is 5.65.